The molecular weight excluding hydrogens is 171 g/mol. The van der Waals surface area contributed by atoms with Crippen LogP contribution in [0.4, 0.5) is 9.18 Å². The third kappa shape index (κ3) is 1.62. The topological polar surface area (TPSA) is 23.6 Å². The van der Waals surface area contributed by atoms with E-state index in [0.717, 1.165) is 19.5 Å². The number of urea groups is 1. The van der Waals surface area contributed by atoms with Crippen molar-refractivity contribution in [1.82, 2.24) is 9.80 Å². The average Bonchev–Trinajstić information content (AvgIpc) is 2.45. The van der Waals surface area contributed by atoms with Gasteiger partial charge in [0.1, 0.15) is 6.17 Å². The van der Waals surface area contributed by atoms with Gasteiger partial charge in [-0.15, -0.1) is 0 Å². The summed E-state index contributed by atoms with van der Waals surface area (Å²) in [4.78, 5) is 15.0. The van der Waals surface area contributed by atoms with Gasteiger partial charge in [-0.05, 0) is 12.3 Å². The van der Waals surface area contributed by atoms with Gasteiger partial charge >= 0.3 is 6.03 Å². The fraction of sp³-hybridized carbons (Fsp3) is 0.889. The quantitative estimate of drug-likeness (QED) is 0.555. The Morgan fingerprint density at radius 3 is 2.46 bits per heavy atom. The molecule has 2 aliphatic heterocycles. The fourth-order valence-corrected chi connectivity index (χ4v) is 1.89. The zero-order valence-corrected chi connectivity index (χ0v) is 7.87. The number of alkyl halides is 1. The number of hydrogen-bond donors (Lipinski definition) is 0. The molecule has 2 fully saturated rings. The highest BCUT2D eigenvalue weighted by atomic mass is 19.1. The Labute approximate surface area is 77.5 Å². The maximum Gasteiger partial charge on any atom is 0.320 e. The summed E-state index contributed by atoms with van der Waals surface area (Å²) in [6.07, 6.45) is 0.294. The van der Waals surface area contributed by atoms with Crippen LogP contribution in [-0.4, -0.2) is 48.2 Å². The molecule has 74 valence electrons. The highest BCUT2D eigenvalue weighted by molar-refractivity contribution is 5.75. The summed E-state index contributed by atoms with van der Waals surface area (Å²) in [6.45, 7) is 4.41. The summed E-state index contributed by atoms with van der Waals surface area (Å²) in [6, 6.07) is 0.0262. The minimum absolute atomic E-state index is 0.0262. The highest BCUT2D eigenvalue weighted by Crippen LogP contribution is 2.20. The van der Waals surface area contributed by atoms with Crippen molar-refractivity contribution in [3.05, 3.63) is 0 Å². The van der Waals surface area contributed by atoms with Crippen LogP contribution in [-0.2, 0) is 0 Å². The Morgan fingerprint density at radius 1 is 1.31 bits per heavy atom. The molecule has 3 nitrogen and oxygen atoms in total. The van der Waals surface area contributed by atoms with Gasteiger partial charge in [0.25, 0.3) is 0 Å². The smallest absolute Gasteiger partial charge is 0.320 e. The molecule has 0 spiro atoms. The molecule has 1 unspecified atom stereocenters. The van der Waals surface area contributed by atoms with Gasteiger partial charge in [-0.1, -0.05) is 6.92 Å². The molecule has 0 aliphatic carbocycles. The Morgan fingerprint density at radius 2 is 2.00 bits per heavy atom. The van der Waals surface area contributed by atoms with Crippen LogP contribution < -0.4 is 0 Å². The van der Waals surface area contributed by atoms with E-state index in [1.807, 2.05) is 4.90 Å². The molecule has 0 aromatic heterocycles. The van der Waals surface area contributed by atoms with Crippen LogP contribution in [0.25, 0.3) is 0 Å². The second kappa shape index (κ2) is 3.16. The maximum absolute atomic E-state index is 12.5. The number of carbonyl (C=O) groups is 1. The first-order valence-corrected chi connectivity index (χ1v) is 4.84. The molecule has 2 rings (SSSR count). The first-order valence-electron chi connectivity index (χ1n) is 4.84. The van der Waals surface area contributed by atoms with Crippen LogP contribution >= 0.6 is 0 Å². The summed E-state index contributed by atoms with van der Waals surface area (Å²) in [5.74, 6) is 0.603. The standard InChI is InChI=1S/C9H15FN2O/c1-7-2-3-11(4-7)9(13)12-5-8(10)6-12/h7-8H,2-6H2,1H3. The first kappa shape index (κ1) is 8.78. The van der Waals surface area contributed by atoms with Crippen LogP contribution in [0.2, 0.25) is 0 Å². The van der Waals surface area contributed by atoms with E-state index in [-0.39, 0.29) is 6.03 Å². The molecule has 1 atom stereocenters. The molecule has 2 saturated heterocycles. The van der Waals surface area contributed by atoms with Crippen molar-refractivity contribution in [2.45, 2.75) is 19.5 Å². The minimum atomic E-state index is -0.788. The van der Waals surface area contributed by atoms with Gasteiger partial charge in [0.15, 0.2) is 0 Å². The summed E-state index contributed by atoms with van der Waals surface area (Å²) in [5.41, 5.74) is 0. The second-order valence-corrected chi connectivity index (χ2v) is 4.12. The summed E-state index contributed by atoms with van der Waals surface area (Å²) in [5, 5.41) is 0. The number of amides is 2. The van der Waals surface area contributed by atoms with Crippen molar-refractivity contribution in [1.29, 1.82) is 0 Å². The summed E-state index contributed by atoms with van der Waals surface area (Å²) in [7, 11) is 0. The van der Waals surface area contributed by atoms with Crippen LogP contribution in [0.1, 0.15) is 13.3 Å². The molecule has 2 amide bonds. The van der Waals surface area contributed by atoms with Crippen molar-refractivity contribution in [3.63, 3.8) is 0 Å². The van der Waals surface area contributed by atoms with Gasteiger partial charge in [0.2, 0.25) is 0 Å². The van der Waals surface area contributed by atoms with E-state index in [9.17, 15) is 9.18 Å². The Balaban J connectivity index is 1.84. The van der Waals surface area contributed by atoms with Gasteiger partial charge in [0.05, 0.1) is 13.1 Å². The molecule has 2 heterocycles. The monoisotopic (exact) mass is 186 g/mol. The molecule has 4 heteroatoms. The lowest BCUT2D eigenvalue weighted by molar-refractivity contribution is 0.0715. The second-order valence-electron chi connectivity index (χ2n) is 4.12. The number of carbonyl (C=O) groups excluding carboxylic acids is 1. The van der Waals surface area contributed by atoms with E-state index in [1.54, 1.807) is 4.90 Å². The highest BCUT2D eigenvalue weighted by Gasteiger charge is 2.35. The Hall–Kier alpha value is -0.800. The number of likely N-dealkylation sites (tertiary alicyclic amines) is 2. The predicted molar refractivity (Wildman–Crippen MR) is 47.2 cm³/mol. The van der Waals surface area contributed by atoms with Gasteiger partial charge in [-0.3, -0.25) is 0 Å². The van der Waals surface area contributed by atoms with Crippen molar-refractivity contribution in [2.75, 3.05) is 26.2 Å². The lowest BCUT2D eigenvalue weighted by Gasteiger charge is -2.37. The van der Waals surface area contributed by atoms with Crippen LogP contribution in [0.5, 0.6) is 0 Å². The zero-order valence-electron chi connectivity index (χ0n) is 7.87. The van der Waals surface area contributed by atoms with E-state index < -0.39 is 6.17 Å². The first-order chi connectivity index (χ1) is 6.16. The molecule has 13 heavy (non-hydrogen) atoms. The number of hydrogen-bond acceptors (Lipinski definition) is 1. The largest absolute Gasteiger partial charge is 0.324 e. The summed E-state index contributed by atoms with van der Waals surface area (Å²) < 4.78 is 12.5. The van der Waals surface area contributed by atoms with E-state index in [1.165, 1.54) is 0 Å². The zero-order chi connectivity index (χ0) is 9.42. The molecule has 0 N–H and O–H groups in total. The van der Waals surface area contributed by atoms with Gasteiger partial charge < -0.3 is 9.80 Å². The van der Waals surface area contributed by atoms with Crippen molar-refractivity contribution in [3.8, 4) is 0 Å². The van der Waals surface area contributed by atoms with Crippen LogP contribution in [0.3, 0.4) is 0 Å². The lowest BCUT2D eigenvalue weighted by atomic mass is 10.2. The molecule has 0 saturated carbocycles. The van der Waals surface area contributed by atoms with E-state index >= 15 is 0 Å². The number of nitrogens with zero attached hydrogens (tertiary/aromatic N) is 2. The minimum Gasteiger partial charge on any atom is -0.324 e. The van der Waals surface area contributed by atoms with Gasteiger partial charge in [-0.2, -0.15) is 0 Å². The van der Waals surface area contributed by atoms with Crippen molar-refractivity contribution < 1.29 is 9.18 Å². The maximum atomic E-state index is 12.5. The van der Waals surface area contributed by atoms with E-state index in [2.05, 4.69) is 6.92 Å². The molecular formula is C9H15FN2O. The van der Waals surface area contributed by atoms with Gasteiger partial charge in [0, 0.05) is 13.1 Å². The SMILES string of the molecule is CC1CCN(C(=O)N2CC(F)C2)C1. The van der Waals surface area contributed by atoms with Gasteiger partial charge in [-0.25, -0.2) is 9.18 Å². The molecule has 0 aromatic carbocycles. The third-order valence-electron chi connectivity index (χ3n) is 2.80. The number of halogens is 1. The van der Waals surface area contributed by atoms with E-state index in [0.29, 0.717) is 19.0 Å². The Bertz CT molecular complexity index is 216. The van der Waals surface area contributed by atoms with E-state index in [4.69, 9.17) is 0 Å². The van der Waals surface area contributed by atoms with Crippen molar-refractivity contribution in [2.24, 2.45) is 5.92 Å². The number of rotatable bonds is 0. The molecule has 0 aromatic rings. The predicted octanol–water partition coefficient (Wildman–Crippen LogP) is 1.10. The molecule has 2 aliphatic rings. The Kier molecular flexibility index (Phi) is 2.14. The molecule has 0 radical (unpaired) electrons. The fourth-order valence-electron chi connectivity index (χ4n) is 1.89. The third-order valence-corrected chi connectivity index (χ3v) is 2.80. The van der Waals surface area contributed by atoms with Crippen molar-refractivity contribution >= 4 is 6.03 Å². The summed E-state index contributed by atoms with van der Waals surface area (Å²) >= 11 is 0. The molecule has 0 bridgehead atoms. The normalized spacial score (nSPS) is 29.2. The average molecular weight is 186 g/mol. The lowest BCUT2D eigenvalue weighted by Crippen LogP contribution is -2.55. The van der Waals surface area contributed by atoms with Crippen LogP contribution in [0, 0.1) is 5.92 Å². The van der Waals surface area contributed by atoms with Crippen LogP contribution in [0.15, 0.2) is 0 Å².